The topological polar surface area (TPSA) is 89.1 Å². The average molecular weight is 592 g/mol. The molecule has 2 saturated heterocycles. The Hall–Kier alpha value is -2.94. The lowest BCUT2D eigenvalue weighted by molar-refractivity contribution is -0.200. The van der Waals surface area contributed by atoms with Crippen molar-refractivity contribution in [3.8, 4) is 5.75 Å². The quantitative estimate of drug-likeness (QED) is 0.158. The lowest BCUT2D eigenvalue weighted by atomic mass is 9.89. The van der Waals surface area contributed by atoms with E-state index in [0.717, 1.165) is 74.2 Å². The van der Waals surface area contributed by atoms with Gasteiger partial charge in [-0.15, -0.1) is 0 Å². The van der Waals surface area contributed by atoms with Crippen molar-refractivity contribution >= 4 is 22.6 Å². The van der Waals surface area contributed by atoms with Gasteiger partial charge in [0.15, 0.2) is 6.29 Å². The van der Waals surface area contributed by atoms with Crippen LogP contribution in [0, 0.1) is 5.92 Å². The summed E-state index contributed by atoms with van der Waals surface area (Å²) in [7, 11) is 0. The van der Waals surface area contributed by atoms with Crippen LogP contribution in [-0.2, 0) is 19.2 Å². The Morgan fingerprint density at radius 2 is 1.79 bits per heavy atom. The Balaban J connectivity index is 1.12. The van der Waals surface area contributed by atoms with E-state index in [1.807, 2.05) is 36.4 Å². The van der Waals surface area contributed by atoms with Crippen LogP contribution in [0.1, 0.15) is 83.5 Å². The zero-order valence-corrected chi connectivity index (χ0v) is 25.6. The molecule has 2 aromatic carbocycles. The van der Waals surface area contributed by atoms with Gasteiger partial charge in [-0.1, -0.05) is 61.7 Å². The number of allylic oxidation sites excluding steroid dienone is 1. The number of nitrogens with one attached hydrogen (secondary N) is 2. The molecule has 0 spiro atoms. The van der Waals surface area contributed by atoms with Gasteiger partial charge >= 0.3 is 0 Å². The largest absolute Gasteiger partial charge is 0.488 e. The summed E-state index contributed by atoms with van der Waals surface area (Å²) in [5.74, 6) is 1.38. The van der Waals surface area contributed by atoms with Crippen LogP contribution < -0.4 is 15.5 Å². The molecule has 0 aromatic heterocycles. The van der Waals surface area contributed by atoms with Gasteiger partial charge in [0.2, 0.25) is 5.91 Å². The number of benzene rings is 2. The number of carbonyl (C=O) groups excluding carboxylic acids is 2. The molecule has 8 heteroatoms. The van der Waals surface area contributed by atoms with E-state index >= 15 is 0 Å². The molecule has 2 aromatic rings. The van der Waals surface area contributed by atoms with E-state index in [9.17, 15) is 9.59 Å². The van der Waals surface area contributed by atoms with Gasteiger partial charge in [0.1, 0.15) is 12.4 Å². The molecular formula is C35H49N3O5. The molecule has 3 fully saturated rings. The molecule has 234 valence electrons. The van der Waals surface area contributed by atoms with Crippen molar-refractivity contribution in [3.05, 3.63) is 54.1 Å². The number of hydroxylamine groups is 1. The van der Waals surface area contributed by atoms with Gasteiger partial charge in [0.25, 0.3) is 5.91 Å². The Morgan fingerprint density at radius 3 is 2.65 bits per heavy atom. The minimum atomic E-state index is -0.345. The second-order valence-electron chi connectivity index (χ2n) is 12.4. The van der Waals surface area contributed by atoms with Crippen LogP contribution >= 0.6 is 0 Å². The Labute approximate surface area is 256 Å². The molecule has 0 bridgehead atoms. The highest BCUT2D eigenvalue weighted by atomic mass is 16.8. The number of unbranched alkanes of at least 4 members (excludes halogenated alkanes) is 2. The Morgan fingerprint density at radius 1 is 0.953 bits per heavy atom. The number of hydrogen-bond acceptors (Lipinski definition) is 6. The molecule has 5 rings (SSSR count). The second kappa shape index (κ2) is 16.8. The summed E-state index contributed by atoms with van der Waals surface area (Å²) in [6.07, 6.45) is 14.8. The lowest BCUT2D eigenvalue weighted by Crippen LogP contribution is -2.39. The number of nitrogens with zero attached hydrogens (tertiary/aromatic N) is 1. The summed E-state index contributed by atoms with van der Waals surface area (Å²) in [6, 6.07) is 14.3. The Kier molecular flexibility index (Phi) is 12.3. The standard InChI is InChI=1S/C35H49N3O5/c39-33(37-43-34-20-9-10-23-41-34)19-6-2-5-15-29(26-42-32-18-11-16-28-14-7-8-17-31(28)32)35(40)36-30-21-22-38(25-30)24-27-12-3-1-4-13-27/h7-8,11,14-18,27,30,34H,1-6,9-10,12-13,19-26H2,(H,36,40)(H,37,39). The molecular weight excluding hydrogens is 542 g/mol. The van der Waals surface area contributed by atoms with E-state index in [-0.39, 0.29) is 30.8 Å². The molecule has 8 nitrogen and oxygen atoms in total. The van der Waals surface area contributed by atoms with Gasteiger partial charge < -0.3 is 19.7 Å². The number of hydrogen-bond donors (Lipinski definition) is 2. The average Bonchev–Trinajstić information content (AvgIpc) is 3.48. The van der Waals surface area contributed by atoms with Crippen molar-refractivity contribution in [1.29, 1.82) is 0 Å². The maximum atomic E-state index is 13.5. The first kappa shape index (κ1) is 31.5. The molecule has 2 N–H and O–H groups in total. The molecule has 2 unspecified atom stereocenters. The molecule has 2 atom stereocenters. The number of rotatable bonds is 14. The number of likely N-dealkylation sites (tertiary alicyclic amines) is 1. The van der Waals surface area contributed by atoms with Crippen molar-refractivity contribution in [1.82, 2.24) is 15.7 Å². The molecule has 1 saturated carbocycles. The molecule has 3 aliphatic rings. The third kappa shape index (κ3) is 10.1. The lowest BCUT2D eigenvalue weighted by Gasteiger charge is -2.26. The zero-order valence-electron chi connectivity index (χ0n) is 25.6. The third-order valence-electron chi connectivity index (χ3n) is 8.96. The van der Waals surface area contributed by atoms with Gasteiger partial charge in [-0.3, -0.25) is 9.59 Å². The Bertz CT molecular complexity index is 1200. The van der Waals surface area contributed by atoms with Crippen molar-refractivity contribution in [2.75, 3.05) is 32.8 Å². The van der Waals surface area contributed by atoms with E-state index < -0.39 is 0 Å². The molecule has 0 radical (unpaired) electrons. The summed E-state index contributed by atoms with van der Waals surface area (Å²) >= 11 is 0. The predicted molar refractivity (Wildman–Crippen MR) is 168 cm³/mol. The summed E-state index contributed by atoms with van der Waals surface area (Å²) in [5, 5.41) is 5.45. The fraction of sp³-hybridized carbons (Fsp3) is 0.600. The van der Waals surface area contributed by atoms with Crippen LogP contribution in [0.15, 0.2) is 54.1 Å². The fourth-order valence-corrected chi connectivity index (χ4v) is 6.52. The van der Waals surface area contributed by atoms with E-state index in [2.05, 4.69) is 27.8 Å². The van der Waals surface area contributed by atoms with Crippen molar-refractivity contribution in [2.45, 2.75) is 95.8 Å². The zero-order chi connectivity index (χ0) is 29.7. The van der Waals surface area contributed by atoms with Crippen LogP contribution in [0.5, 0.6) is 5.75 Å². The molecule has 2 aliphatic heterocycles. The molecule has 1 aliphatic carbocycles. The minimum absolute atomic E-state index is 0.0524. The first-order chi connectivity index (χ1) is 21.1. The van der Waals surface area contributed by atoms with Crippen molar-refractivity contribution < 1.29 is 23.9 Å². The number of ether oxygens (including phenoxy) is 2. The second-order valence-corrected chi connectivity index (χ2v) is 12.4. The maximum absolute atomic E-state index is 13.5. The van der Waals surface area contributed by atoms with Crippen LogP contribution in [-0.4, -0.2) is 61.9 Å². The minimum Gasteiger partial charge on any atom is -0.488 e. The molecule has 2 heterocycles. The fourth-order valence-electron chi connectivity index (χ4n) is 6.52. The van der Waals surface area contributed by atoms with Gasteiger partial charge in [0.05, 0.1) is 5.57 Å². The normalized spacial score (nSPS) is 22.0. The highest BCUT2D eigenvalue weighted by molar-refractivity contribution is 5.94. The number of carbonyl (C=O) groups is 2. The maximum Gasteiger partial charge on any atom is 0.250 e. The highest BCUT2D eigenvalue weighted by Gasteiger charge is 2.27. The van der Waals surface area contributed by atoms with Gasteiger partial charge in [0, 0.05) is 50.5 Å². The molecule has 43 heavy (non-hydrogen) atoms. The molecule has 2 amide bonds. The SMILES string of the molecule is O=C(CCCCC=C(COc1cccc2ccccc12)C(=O)NC1CCN(CC2CCCCC2)C1)NOC1CCCCO1. The monoisotopic (exact) mass is 591 g/mol. The predicted octanol–water partition coefficient (Wildman–Crippen LogP) is 6.05. The summed E-state index contributed by atoms with van der Waals surface area (Å²) < 4.78 is 11.7. The van der Waals surface area contributed by atoms with Crippen LogP contribution in [0.25, 0.3) is 10.8 Å². The van der Waals surface area contributed by atoms with Crippen molar-refractivity contribution in [2.24, 2.45) is 5.92 Å². The highest BCUT2D eigenvalue weighted by Crippen LogP contribution is 2.27. The van der Waals surface area contributed by atoms with Gasteiger partial charge in [-0.25, -0.2) is 10.3 Å². The van der Waals surface area contributed by atoms with Crippen LogP contribution in [0.4, 0.5) is 0 Å². The smallest absolute Gasteiger partial charge is 0.250 e. The third-order valence-corrected chi connectivity index (χ3v) is 8.96. The van der Waals surface area contributed by atoms with E-state index in [0.29, 0.717) is 31.4 Å². The summed E-state index contributed by atoms with van der Waals surface area (Å²) in [5.41, 5.74) is 3.17. The summed E-state index contributed by atoms with van der Waals surface area (Å²) in [6.45, 7) is 4.00. The first-order valence-electron chi connectivity index (χ1n) is 16.5. The van der Waals surface area contributed by atoms with E-state index in [1.54, 1.807) is 0 Å². The van der Waals surface area contributed by atoms with Crippen LogP contribution in [0.2, 0.25) is 0 Å². The summed E-state index contributed by atoms with van der Waals surface area (Å²) in [4.78, 5) is 33.6. The van der Waals surface area contributed by atoms with E-state index in [4.69, 9.17) is 14.3 Å². The first-order valence-corrected chi connectivity index (χ1v) is 16.5. The van der Waals surface area contributed by atoms with E-state index in [1.165, 1.54) is 32.1 Å². The van der Waals surface area contributed by atoms with Gasteiger partial charge in [-0.2, -0.15) is 0 Å². The van der Waals surface area contributed by atoms with Crippen LogP contribution in [0.3, 0.4) is 0 Å². The van der Waals surface area contributed by atoms with Crippen molar-refractivity contribution in [3.63, 3.8) is 0 Å². The number of fused-ring (bicyclic) bond motifs is 1. The van der Waals surface area contributed by atoms with Gasteiger partial charge in [-0.05, 0) is 68.7 Å². The number of amides is 2.